The predicted molar refractivity (Wildman–Crippen MR) is 47.5 cm³/mol. The van der Waals surface area contributed by atoms with Crippen LogP contribution in [0.1, 0.15) is 6.42 Å². The van der Waals surface area contributed by atoms with Gasteiger partial charge in [-0.2, -0.15) is 0 Å². The zero-order chi connectivity index (χ0) is 9.54. The minimum Gasteiger partial charge on any atom is -0.374 e. The molecule has 4 nitrogen and oxygen atoms in total. The zero-order valence-electron chi connectivity index (χ0n) is 7.56. The zero-order valence-corrected chi connectivity index (χ0v) is 7.56. The van der Waals surface area contributed by atoms with Crippen LogP contribution in [0.4, 0.5) is 10.3 Å². The van der Waals surface area contributed by atoms with E-state index in [1.54, 1.807) is 0 Å². The molecule has 0 amide bonds. The maximum absolute atomic E-state index is 12.6. The summed E-state index contributed by atoms with van der Waals surface area (Å²) in [5, 5.41) is 0. The van der Waals surface area contributed by atoms with Crippen LogP contribution >= 0.6 is 0 Å². The highest BCUT2D eigenvalue weighted by Gasteiger charge is 2.40. The minimum atomic E-state index is -0.394. The fourth-order valence-electron chi connectivity index (χ4n) is 2.10. The van der Waals surface area contributed by atoms with Gasteiger partial charge in [-0.05, 0) is 6.42 Å². The molecule has 14 heavy (non-hydrogen) atoms. The first-order valence-corrected chi connectivity index (χ1v) is 4.69. The molecule has 5 heteroatoms. The molecule has 2 bridgehead atoms. The standard InChI is InChI=1S/C9H10FN3O/c10-6-2-11-9(12-3-6)13-4-8-1-7(13)5-14-8/h2-3,7-8H,1,4-5H2. The van der Waals surface area contributed by atoms with Gasteiger partial charge in [0.2, 0.25) is 5.95 Å². The second-order valence-corrected chi connectivity index (χ2v) is 3.70. The number of ether oxygens (including phenoxy) is 1. The van der Waals surface area contributed by atoms with Gasteiger partial charge in [-0.3, -0.25) is 0 Å². The minimum absolute atomic E-state index is 0.314. The summed E-state index contributed by atoms with van der Waals surface area (Å²) in [5.74, 6) is 0.219. The van der Waals surface area contributed by atoms with Gasteiger partial charge in [-0.25, -0.2) is 14.4 Å². The van der Waals surface area contributed by atoms with E-state index < -0.39 is 5.82 Å². The summed E-state index contributed by atoms with van der Waals surface area (Å²) < 4.78 is 18.0. The quantitative estimate of drug-likeness (QED) is 0.657. The van der Waals surface area contributed by atoms with Crippen molar-refractivity contribution in [2.24, 2.45) is 0 Å². The molecule has 0 radical (unpaired) electrons. The third-order valence-corrected chi connectivity index (χ3v) is 2.76. The lowest BCUT2D eigenvalue weighted by Gasteiger charge is -2.26. The number of anilines is 1. The summed E-state index contributed by atoms with van der Waals surface area (Å²) in [7, 11) is 0. The highest BCUT2D eigenvalue weighted by molar-refractivity contribution is 5.34. The van der Waals surface area contributed by atoms with Gasteiger partial charge in [0.05, 0.1) is 31.1 Å². The van der Waals surface area contributed by atoms with Crippen molar-refractivity contribution in [3.63, 3.8) is 0 Å². The lowest BCUT2D eigenvalue weighted by Crippen LogP contribution is -2.38. The number of hydrogen-bond acceptors (Lipinski definition) is 4. The van der Waals surface area contributed by atoms with Crippen molar-refractivity contribution in [1.29, 1.82) is 0 Å². The van der Waals surface area contributed by atoms with Gasteiger partial charge in [-0.1, -0.05) is 0 Å². The molecular weight excluding hydrogens is 185 g/mol. The van der Waals surface area contributed by atoms with Crippen molar-refractivity contribution in [1.82, 2.24) is 9.97 Å². The fourth-order valence-corrected chi connectivity index (χ4v) is 2.10. The molecule has 3 rings (SSSR count). The lowest BCUT2D eigenvalue weighted by atomic mass is 10.2. The molecule has 2 aliphatic heterocycles. The Morgan fingerprint density at radius 2 is 2.21 bits per heavy atom. The second kappa shape index (κ2) is 2.88. The largest absolute Gasteiger partial charge is 0.374 e. The Hall–Kier alpha value is -1.23. The van der Waals surface area contributed by atoms with E-state index in [0.717, 1.165) is 19.6 Å². The van der Waals surface area contributed by atoms with Gasteiger partial charge < -0.3 is 9.64 Å². The average Bonchev–Trinajstić information content (AvgIpc) is 2.80. The van der Waals surface area contributed by atoms with Gasteiger partial charge >= 0.3 is 0 Å². The van der Waals surface area contributed by atoms with E-state index in [1.165, 1.54) is 12.4 Å². The Morgan fingerprint density at radius 3 is 2.79 bits per heavy atom. The van der Waals surface area contributed by atoms with E-state index in [9.17, 15) is 4.39 Å². The first-order chi connectivity index (χ1) is 6.83. The van der Waals surface area contributed by atoms with Crippen molar-refractivity contribution in [2.75, 3.05) is 18.1 Å². The van der Waals surface area contributed by atoms with E-state index in [4.69, 9.17) is 4.74 Å². The maximum Gasteiger partial charge on any atom is 0.225 e. The summed E-state index contributed by atoms with van der Waals surface area (Å²) in [6.45, 7) is 1.57. The Kier molecular flexibility index (Phi) is 1.67. The molecule has 2 unspecified atom stereocenters. The third-order valence-electron chi connectivity index (χ3n) is 2.76. The number of hydrogen-bond donors (Lipinski definition) is 0. The first-order valence-electron chi connectivity index (χ1n) is 4.69. The molecule has 0 N–H and O–H groups in total. The molecule has 1 aromatic heterocycles. The topological polar surface area (TPSA) is 38.2 Å². The monoisotopic (exact) mass is 195 g/mol. The highest BCUT2D eigenvalue weighted by Crippen LogP contribution is 2.30. The molecular formula is C9H10FN3O. The molecule has 2 fully saturated rings. The second-order valence-electron chi connectivity index (χ2n) is 3.70. The van der Waals surface area contributed by atoms with Crippen LogP contribution in [0.25, 0.3) is 0 Å². The smallest absolute Gasteiger partial charge is 0.225 e. The SMILES string of the molecule is Fc1cnc(N2CC3CC2CO3)nc1. The van der Waals surface area contributed by atoms with Crippen LogP contribution in [0.3, 0.4) is 0 Å². The molecule has 2 atom stereocenters. The molecule has 3 heterocycles. The molecule has 0 aliphatic carbocycles. The molecule has 0 saturated carbocycles. The normalized spacial score (nSPS) is 29.9. The van der Waals surface area contributed by atoms with Crippen LogP contribution in [0.2, 0.25) is 0 Å². The van der Waals surface area contributed by atoms with Crippen LogP contribution < -0.4 is 4.90 Å². The molecule has 2 saturated heterocycles. The summed E-state index contributed by atoms with van der Waals surface area (Å²) in [4.78, 5) is 10.0. The lowest BCUT2D eigenvalue weighted by molar-refractivity contribution is 0.0986. The van der Waals surface area contributed by atoms with Crippen LogP contribution in [-0.4, -0.2) is 35.3 Å². The van der Waals surface area contributed by atoms with Crippen LogP contribution in [-0.2, 0) is 4.74 Å². The molecule has 1 aromatic rings. The van der Waals surface area contributed by atoms with Crippen molar-refractivity contribution >= 4 is 5.95 Å². The molecule has 74 valence electrons. The number of morpholine rings is 1. The summed E-state index contributed by atoms with van der Waals surface area (Å²) >= 11 is 0. The number of fused-ring (bicyclic) bond motifs is 2. The predicted octanol–water partition coefficient (Wildman–Crippen LogP) is 0.593. The van der Waals surface area contributed by atoms with Gasteiger partial charge in [0, 0.05) is 6.54 Å². The number of rotatable bonds is 1. The van der Waals surface area contributed by atoms with E-state index in [2.05, 4.69) is 14.9 Å². The van der Waals surface area contributed by atoms with E-state index in [0.29, 0.717) is 18.1 Å². The van der Waals surface area contributed by atoms with Gasteiger partial charge in [0.25, 0.3) is 0 Å². The fraction of sp³-hybridized carbons (Fsp3) is 0.556. The Morgan fingerprint density at radius 1 is 1.43 bits per heavy atom. The van der Waals surface area contributed by atoms with Crippen LogP contribution in [0, 0.1) is 5.82 Å². The number of nitrogens with zero attached hydrogens (tertiary/aromatic N) is 3. The first kappa shape index (κ1) is 8.11. The van der Waals surface area contributed by atoms with Crippen LogP contribution in [0.15, 0.2) is 12.4 Å². The number of aromatic nitrogens is 2. The third kappa shape index (κ3) is 1.16. The maximum atomic E-state index is 12.6. The van der Waals surface area contributed by atoms with Gasteiger partial charge in [0.1, 0.15) is 0 Å². The van der Waals surface area contributed by atoms with Crippen molar-refractivity contribution in [2.45, 2.75) is 18.6 Å². The Bertz CT molecular complexity index is 342. The van der Waals surface area contributed by atoms with Crippen molar-refractivity contribution < 1.29 is 9.13 Å². The van der Waals surface area contributed by atoms with Gasteiger partial charge in [0.15, 0.2) is 5.82 Å². The average molecular weight is 195 g/mol. The molecule has 0 spiro atoms. The van der Waals surface area contributed by atoms with Crippen molar-refractivity contribution in [3.05, 3.63) is 18.2 Å². The Balaban J connectivity index is 1.86. The summed E-state index contributed by atoms with van der Waals surface area (Å²) in [6, 6.07) is 0.380. The summed E-state index contributed by atoms with van der Waals surface area (Å²) in [5.41, 5.74) is 0. The molecule has 0 aromatic carbocycles. The molecule has 2 aliphatic rings. The Labute approximate surface area is 80.7 Å². The van der Waals surface area contributed by atoms with E-state index >= 15 is 0 Å². The number of halogens is 1. The van der Waals surface area contributed by atoms with E-state index in [1.807, 2.05) is 0 Å². The highest BCUT2D eigenvalue weighted by atomic mass is 19.1. The van der Waals surface area contributed by atoms with Crippen LogP contribution in [0.5, 0.6) is 0 Å². The van der Waals surface area contributed by atoms with Crippen molar-refractivity contribution in [3.8, 4) is 0 Å². The van der Waals surface area contributed by atoms with E-state index in [-0.39, 0.29) is 0 Å². The summed E-state index contributed by atoms with van der Waals surface area (Å²) in [6.07, 6.45) is 3.76. The van der Waals surface area contributed by atoms with Gasteiger partial charge in [-0.15, -0.1) is 0 Å².